The Bertz CT molecular complexity index is 397. The molecule has 6 heteroatoms. The molecule has 0 saturated heterocycles. The standard InChI is InChI=1S/C6H4IN3OS/c1-3-4(12-2-8-3)5-9-6(7)10-11-5/h2H,1H3. The van der Waals surface area contributed by atoms with Crippen LogP contribution in [0.15, 0.2) is 10.0 Å². The van der Waals surface area contributed by atoms with E-state index < -0.39 is 0 Å². The zero-order valence-electron chi connectivity index (χ0n) is 6.11. The quantitative estimate of drug-likeness (QED) is 0.756. The second-order valence-electron chi connectivity index (χ2n) is 2.14. The molecule has 4 nitrogen and oxygen atoms in total. The predicted molar refractivity (Wildman–Crippen MR) is 52.9 cm³/mol. The van der Waals surface area contributed by atoms with Gasteiger partial charge in [0.15, 0.2) is 0 Å². The molecular formula is C6H4IN3OS. The monoisotopic (exact) mass is 293 g/mol. The van der Waals surface area contributed by atoms with Crippen molar-refractivity contribution in [2.75, 3.05) is 0 Å². The largest absolute Gasteiger partial charge is 0.332 e. The van der Waals surface area contributed by atoms with E-state index in [1.807, 2.05) is 29.5 Å². The smallest absolute Gasteiger partial charge is 0.270 e. The molecule has 0 aromatic carbocycles. The van der Waals surface area contributed by atoms with E-state index in [9.17, 15) is 0 Å². The van der Waals surface area contributed by atoms with Crippen molar-refractivity contribution in [3.63, 3.8) is 0 Å². The zero-order valence-corrected chi connectivity index (χ0v) is 9.09. The van der Waals surface area contributed by atoms with Gasteiger partial charge >= 0.3 is 0 Å². The summed E-state index contributed by atoms with van der Waals surface area (Å²) in [5, 5.41) is 3.69. The lowest BCUT2D eigenvalue weighted by Gasteiger charge is -1.85. The van der Waals surface area contributed by atoms with Crippen molar-refractivity contribution in [3.8, 4) is 10.8 Å². The van der Waals surface area contributed by atoms with Crippen LogP contribution in [0.2, 0.25) is 0 Å². The number of hydrogen-bond donors (Lipinski definition) is 0. The molecule has 0 bridgehead atoms. The minimum atomic E-state index is 0.555. The summed E-state index contributed by atoms with van der Waals surface area (Å²) in [6.07, 6.45) is 0. The van der Waals surface area contributed by atoms with Gasteiger partial charge in [0.25, 0.3) is 5.89 Å². The van der Waals surface area contributed by atoms with Gasteiger partial charge in [0, 0.05) is 22.6 Å². The van der Waals surface area contributed by atoms with E-state index in [0.29, 0.717) is 9.72 Å². The van der Waals surface area contributed by atoms with Gasteiger partial charge in [0.1, 0.15) is 4.88 Å². The van der Waals surface area contributed by atoms with Crippen molar-refractivity contribution in [2.24, 2.45) is 0 Å². The fourth-order valence-corrected chi connectivity index (χ4v) is 1.85. The van der Waals surface area contributed by atoms with E-state index in [1.165, 1.54) is 11.3 Å². The maximum atomic E-state index is 4.99. The number of nitrogens with zero attached hydrogens (tertiary/aromatic N) is 3. The molecule has 0 fully saturated rings. The van der Waals surface area contributed by atoms with Crippen molar-refractivity contribution in [2.45, 2.75) is 6.92 Å². The van der Waals surface area contributed by atoms with Gasteiger partial charge in [-0.3, -0.25) is 0 Å². The molecule has 12 heavy (non-hydrogen) atoms. The number of hydrogen-bond acceptors (Lipinski definition) is 5. The summed E-state index contributed by atoms with van der Waals surface area (Å²) in [7, 11) is 0. The third-order valence-corrected chi connectivity index (χ3v) is 2.70. The van der Waals surface area contributed by atoms with Crippen LogP contribution in [-0.2, 0) is 0 Å². The van der Waals surface area contributed by atoms with Gasteiger partial charge in [0.05, 0.1) is 11.2 Å². The molecule has 2 aromatic heterocycles. The maximum Gasteiger partial charge on any atom is 0.270 e. The van der Waals surface area contributed by atoms with Crippen LogP contribution in [0.25, 0.3) is 10.8 Å². The number of rotatable bonds is 1. The van der Waals surface area contributed by atoms with Gasteiger partial charge in [-0.25, -0.2) is 4.98 Å². The fourth-order valence-electron chi connectivity index (χ4n) is 0.805. The molecule has 0 N–H and O–H groups in total. The van der Waals surface area contributed by atoms with Crippen LogP contribution < -0.4 is 0 Å². The molecule has 0 radical (unpaired) electrons. The van der Waals surface area contributed by atoms with Gasteiger partial charge in [-0.2, -0.15) is 4.98 Å². The molecule has 2 aromatic rings. The zero-order chi connectivity index (χ0) is 8.55. The first kappa shape index (κ1) is 8.11. The molecule has 2 rings (SSSR count). The third-order valence-electron chi connectivity index (χ3n) is 1.34. The average molecular weight is 293 g/mol. The first-order chi connectivity index (χ1) is 5.77. The average Bonchev–Trinajstić information content (AvgIpc) is 2.58. The van der Waals surface area contributed by atoms with Crippen molar-refractivity contribution >= 4 is 33.9 Å². The lowest BCUT2D eigenvalue weighted by Crippen LogP contribution is -1.77. The highest BCUT2D eigenvalue weighted by Crippen LogP contribution is 2.25. The number of halogens is 1. The molecule has 0 spiro atoms. The molecule has 0 aliphatic carbocycles. The van der Waals surface area contributed by atoms with E-state index in [0.717, 1.165) is 10.6 Å². The minimum absolute atomic E-state index is 0.555. The topological polar surface area (TPSA) is 51.8 Å². The second kappa shape index (κ2) is 3.09. The van der Waals surface area contributed by atoms with Crippen molar-refractivity contribution in [1.82, 2.24) is 15.1 Å². The summed E-state index contributed by atoms with van der Waals surface area (Å²) in [6, 6.07) is 0. The normalized spacial score (nSPS) is 10.5. The van der Waals surface area contributed by atoms with Crippen LogP contribution in [0.1, 0.15) is 5.69 Å². The van der Waals surface area contributed by atoms with Gasteiger partial charge in [0.2, 0.25) is 3.83 Å². The Hall–Kier alpha value is -0.500. The van der Waals surface area contributed by atoms with E-state index in [-0.39, 0.29) is 0 Å². The molecule has 0 saturated carbocycles. The SMILES string of the molecule is Cc1ncsc1-c1nc(I)no1. The van der Waals surface area contributed by atoms with Gasteiger partial charge in [-0.1, -0.05) is 5.16 Å². The molecule has 0 amide bonds. The number of aromatic nitrogens is 3. The van der Waals surface area contributed by atoms with Crippen molar-refractivity contribution < 1.29 is 4.52 Å². The highest BCUT2D eigenvalue weighted by atomic mass is 127. The Morgan fingerprint density at radius 2 is 2.42 bits per heavy atom. The Morgan fingerprint density at radius 3 is 2.92 bits per heavy atom. The molecular weight excluding hydrogens is 289 g/mol. The summed E-state index contributed by atoms with van der Waals surface area (Å²) >= 11 is 3.51. The lowest BCUT2D eigenvalue weighted by atomic mass is 10.4. The van der Waals surface area contributed by atoms with E-state index in [2.05, 4.69) is 15.1 Å². The van der Waals surface area contributed by atoms with Gasteiger partial charge in [-0.15, -0.1) is 11.3 Å². The van der Waals surface area contributed by atoms with Crippen LogP contribution in [0.4, 0.5) is 0 Å². The third kappa shape index (κ3) is 1.36. The number of thiazole rings is 1. The molecule has 0 atom stereocenters. The highest BCUT2D eigenvalue weighted by Gasteiger charge is 2.11. The highest BCUT2D eigenvalue weighted by molar-refractivity contribution is 14.1. The molecule has 62 valence electrons. The van der Waals surface area contributed by atoms with E-state index in [1.54, 1.807) is 5.51 Å². The van der Waals surface area contributed by atoms with E-state index >= 15 is 0 Å². The Balaban J connectivity index is 2.50. The summed E-state index contributed by atoms with van der Waals surface area (Å²) in [5.41, 5.74) is 2.70. The van der Waals surface area contributed by atoms with Crippen LogP contribution >= 0.6 is 33.9 Å². The second-order valence-corrected chi connectivity index (χ2v) is 3.96. The van der Waals surface area contributed by atoms with Crippen LogP contribution in [0.3, 0.4) is 0 Å². The van der Waals surface area contributed by atoms with E-state index in [4.69, 9.17) is 4.52 Å². The van der Waals surface area contributed by atoms with Gasteiger partial charge in [-0.05, 0) is 6.92 Å². The fraction of sp³-hybridized carbons (Fsp3) is 0.167. The molecule has 0 unspecified atom stereocenters. The van der Waals surface area contributed by atoms with Crippen LogP contribution in [-0.4, -0.2) is 15.1 Å². The molecule has 2 heterocycles. The summed E-state index contributed by atoms with van der Waals surface area (Å²) in [5.74, 6) is 0.555. The molecule has 0 aliphatic heterocycles. The number of aryl methyl sites for hydroxylation is 1. The van der Waals surface area contributed by atoms with Crippen LogP contribution in [0, 0.1) is 10.8 Å². The Morgan fingerprint density at radius 1 is 1.58 bits per heavy atom. The minimum Gasteiger partial charge on any atom is -0.332 e. The first-order valence-corrected chi connectivity index (χ1v) is 5.13. The van der Waals surface area contributed by atoms with Gasteiger partial charge < -0.3 is 4.52 Å². The summed E-state index contributed by atoms with van der Waals surface area (Å²) in [4.78, 5) is 9.13. The lowest BCUT2D eigenvalue weighted by molar-refractivity contribution is 0.426. The summed E-state index contributed by atoms with van der Waals surface area (Å²) in [6.45, 7) is 1.92. The Labute approximate surface area is 86.2 Å². The molecule has 0 aliphatic rings. The predicted octanol–water partition coefficient (Wildman–Crippen LogP) is 2.11. The Kier molecular flexibility index (Phi) is 2.09. The summed E-state index contributed by atoms with van der Waals surface area (Å²) < 4.78 is 5.61. The first-order valence-electron chi connectivity index (χ1n) is 3.17. The van der Waals surface area contributed by atoms with Crippen LogP contribution in [0.5, 0.6) is 0 Å². The van der Waals surface area contributed by atoms with Crippen molar-refractivity contribution in [3.05, 3.63) is 15.0 Å². The van der Waals surface area contributed by atoms with Crippen molar-refractivity contribution in [1.29, 1.82) is 0 Å². The maximum absolute atomic E-state index is 4.99.